The van der Waals surface area contributed by atoms with Crippen LogP contribution in [0.3, 0.4) is 0 Å². The molecule has 7 heteroatoms. The number of fused-ring (bicyclic) bond motifs is 1. The summed E-state index contributed by atoms with van der Waals surface area (Å²) in [5, 5.41) is 7.92. The van der Waals surface area contributed by atoms with Crippen molar-refractivity contribution in [3.05, 3.63) is 39.5 Å². The summed E-state index contributed by atoms with van der Waals surface area (Å²) < 4.78 is 1.84. The maximum Gasteiger partial charge on any atom is 0.174 e. The number of nitrogens with zero attached hydrogens (tertiary/aromatic N) is 4. The summed E-state index contributed by atoms with van der Waals surface area (Å²) in [6, 6.07) is 4.07. The lowest BCUT2D eigenvalue weighted by molar-refractivity contribution is 0.465. The van der Waals surface area contributed by atoms with Crippen molar-refractivity contribution in [1.29, 1.82) is 0 Å². The normalized spacial score (nSPS) is 16.2. The molecular weight excluding hydrogens is 332 g/mol. The van der Waals surface area contributed by atoms with Gasteiger partial charge < -0.3 is 11.1 Å². The Morgan fingerprint density at radius 2 is 2.12 bits per heavy atom. The highest BCUT2D eigenvalue weighted by atomic mass is 32.1. The minimum Gasteiger partial charge on any atom is -0.398 e. The van der Waals surface area contributed by atoms with E-state index in [1.54, 1.807) is 11.3 Å². The summed E-state index contributed by atoms with van der Waals surface area (Å²) in [4.78, 5) is 11.4. The fourth-order valence-corrected chi connectivity index (χ4v) is 4.44. The molecule has 4 rings (SSSR count). The summed E-state index contributed by atoms with van der Waals surface area (Å²) in [6.45, 7) is 6.12. The van der Waals surface area contributed by atoms with Crippen LogP contribution in [0.4, 0.5) is 11.5 Å². The van der Waals surface area contributed by atoms with Crippen molar-refractivity contribution in [3.8, 4) is 0 Å². The molecule has 0 unspecified atom stereocenters. The molecule has 1 aliphatic heterocycles. The number of rotatable bonds is 3. The van der Waals surface area contributed by atoms with Gasteiger partial charge in [0.05, 0.1) is 33.7 Å². The van der Waals surface area contributed by atoms with E-state index in [9.17, 15) is 0 Å². The molecule has 0 amide bonds. The summed E-state index contributed by atoms with van der Waals surface area (Å²) in [5.41, 5.74) is 9.88. The Bertz CT molecular complexity index is 933. The number of hydrogen-bond donors (Lipinski definition) is 2. The van der Waals surface area contributed by atoms with E-state index in [1.807, 2.05) is 36.8 Å². The van der Waals surface area contributed by atoms with Gasteiger partial charge in [0, 0.05) is 17.2 Å². The minimum absolute atomic E-state index is 0.614. The summed E-state index contributed by atoms with van der Waals surface area (Å²) in [7, 11) is 0. The summed E-state index contributed by atoms with van der Waals surface area (Å²) in [6.07, 6.45) is 6.10. The quantitative estimate of drug-likeness (QED) is 0.708. The van der Waals surface area contributed by atoms with Crippen LogP contribution >= 0.6 is 11.3 Å². The van der Waals surface area contributed by atoms with E-state index in [0.29, 0.717) is 11.7 Å². The number of nitrogens with two attached hydrogens (primary N) is 1. The predicted octanol–water partition coefficient (Wildman–Crippen LogP) is 3.21. The fourth-order valence-electron chi connectivity index (χ4n) is 3.31. The Balaban J connectivity index is 1.59. The molecule has 1 fully saturated rings. The Hall–Kier alpha value is -2.25. The molecule has 0 bridgehead atoms. The van der Waals surface area contributed by atoms with Crippen LogP contribution < -0.4 is 11.1 Å². The highest BCUT2D eigenvalue weighted by Gasteiger charge is 2.18. The Kier molecular flexibility index (Phi) is 4.27. The van der Waals surface area contributed by atoms with Gasteiger partial charge in [0.1, 0.15) is 0 Å². The third-order valence-electron chi connectivity index (χ3n) is 4.61. The molecule has 1 aliphatic rings. The van der Waals surface area contributed by atoms with Gasteiger partial charge in [-0.1, -0.05) is 0 Å². The second kappa shape index (κ2) is 6.57. The predicted molar refractivity (Wildman–Crippen MR) is 103 cm³/mol. The van der Waals surface area contributed by atoms with Gasteiger partial charge in [-0.25, -0.2) is 9.51 Å². The van der Waals surface area contributed by atoms with Crippen LogP contribution in [0, 0.1) is 13.8 Å². The Labute approximate surface area is 150 Å². The minimum atomic E-state index is 0.614. The van der Waals surface area contributed by atoms with Gasteiger partial charge >= 0.3 is 0 Å². The number of piperidine rings is 1. The van der Waals surface area contributed by atoms with Crippen molar-refractivity contribution >= 4 is 34.6 Å². The van der Waals surface area contributed by atoms with Gasteiger partial charge in [-0.05, 0) is 51.8 Å². The first-order valence-corrected chi connectivity index (χ1v) is 9.39. The Morgan fingerprint density at radius 3 is 2.92 bits per heavy atom. The monoisotopic (exact) mass is 354 g/mol. The number of hydrogen-bond acceptors (Lipinski definition) is 6. The molecule has 3 aromatic heterocycles. The van der Waals surface area contributed by atoms with Crippen LogP contribution in [0.25, 0.3) is 5.52 Å². The molecule has 0 radical (unpaired) electrons. The van der Waals surface area contributed by atoms with Crippen molar-refractivity contribution in [1.82, 2.24) is 19.9 Å². The molecule has 0 aliphatic carbocycles. The number of anilines is 1. The molecule has 3 aromatic rings. The molecular formula is C18H22N6S. The molecule has 25 heavy (non-hydrogen) atoms. The van der Waals surface area contributed by atoms with Crippen molar-refractivity contribution < 1.29 is 0 Å². The number of aliphatic imine (C=N–C) groups is 1. The first-order chi connectivity index (χ1) is 12.1. The van der Waals surface area contributed by atoms with Crippen LogP contribution in [0.5, 0.6) is 0 Å². The average molecular weight is 354 g/mol. The highest BCUT2D eigenvalue weighted by Crippen LogP contribution is 2.34. The zero-order valence-electron chi connectivity index (χ0n) is 14.5. The van der Waals surface area contributed by atoms with Crippen molar-refractivity contribution in [2.24, 2.45) is 4.99 Å². The third kappa shape index (κ3) is 3.29. The maximum absolute atomic E-state index is 6.20. The van der Waals surface area contributed by atoms with E-state index in [1.165, 1.54) is 17.7 Å². The SMILES string of the molecule is Cc1cn2nc(N=Cc3sc(C4CCNCC4)cc3N)cc2c(C)n1. The lowest BCUT2D eigenvalue weighted by Crippen LogP contribution is -2.26. The molecule has 6 nitrogen and oxygen atoms in total. The zero-order valence-corrected chi connectivity index (χ0v) is 15.3. The van der Waals surface area contributed by atoms with E-state index >= 15 is 0 Å². The van der Waals surface area contributed by atoms with Gasteiger partial charge in [0.2, 0.25) is 0 Å². The van der Waals surface area contributed by atoms with E-state index < -0.39 is 0 Å². The van der Waals surface area contributed by atoms with Crippen molar-refractivity contribution in [3.63, 3.8) is 0 Å². The van der Waals surface area contributed by atoms with Crippen LogP contribution in [0.2, 0.25) is 0 Å². The van der Waals surface area contributed by atoms with Crippen molar-refractivity contribution in [2.45, 2.75) is 32.6 Å². The highest BCUT2D eigenvalue weighted by molar-refractivity contribution is 7.14. The first kappa shape index (κ1) is 16.2. The molecule has 1 saturated heterocycles. The molecule has 0 spiro atoms. The van der Waals surface area contributed by atoms with Gasteiger partial charge in [0.15, 0.2) is 5.82 Å². The largest absolute Gasteiger partial charge is 0.398 e. The van der Waals surface area contributed by atoms with Crippen molar-refractivity contribution in [2.75, 3.05) is 18.8 Å². The molecule has 0 saturated carbocycles. The zero-order chi connectivity index (χ0) is 17.4. The number of aromatic nitrogens is 3. The molecule has 0 aromatic carbocycles. The number of nitrogen functional groups attached to an aromatic ring is 1. The number of aryl methyl sites for hydroxylation is 2. The van der Waals surface area contributed by atoms with Crippen LogP contribution in [-0.2, 0) is 0 Å². The van der Waals surface area contributed by atoms with E-state index in [2.05, 4.69) is 26.5 Å². The summed E-state index contributed by atoms with van der Waals surface area (Å²) in [5.74, 6) is 1.29. The van der Waals surface area contributed by atoms with Crippen LogP contribution in [0.15, 0.2) is 23.3 Å². The van der Waals surface area contributed by atoms with Crippen LogP contribution in [0.1, 0.15) is 39.9 Å². The molecule has 3 N–H and O–H groups in total. The Morgan fingerprint density at radius 1 is 1.32 bits per heavy atom. The third-order valence-corrected chi connectivity index (χ3v) is 5.86. The number of nitrogens with one attached hydrogen (secondary N) is 1. The fraction of sp³-hybridized carbons (Fsp3) is 0.389. The topological polar surface area (TPSA) is 80.6 Å². The smallest absolute Gasteiger partial charge is 0.174 e. The first-order valence-electron chi connectivity index (χ1n) is 8.58. The standard InChI is InChI=1S/C18H22N6S/c1-11-10-24-15(12(2)22-11)8-18(23-24)21-9-17-14(19)7-16(25-17)13-3-5-20-6-4-13/h7-10,13,20H,3-6,19H2,1-2H3. The second-order valence-corrected chi connectivity index (χ2v) is 7.67. The van der Waals surface area contributed by atoms with Gasteiger partial charge in [-0.2, -0.15) is 0 Å². The lowest BCUT2D eigenvalue weighted by Gasteiger charge is -2.21. The number of thiophene rings is 1. The summed E-state index contributed by atoms with van der Waals surface area (Å²) >= 11 is 1.75. The van der Waals surface area contributed by atoms with Gasteiger partial charge in [0.25, 0.3) is 0 Å². The van der Waals surface area contributed by atoms with E-state index in [0.717, 1.165) is 40.6 Å². The molecule has 4 heterocycles. The molecule has 0 atom stereocenters. The van der Waals surface area contributed by atoms with Gasteiger partial charge in [-0.15, -0.1) is 16.4 Å². The second-order valence-electron chi connectivity index (χ2n) is 6.55. The van der Waals surface area contributed by atoms with E-state index in [-0.39, 0.29) is 0 Å². The van der Waals surface area contributed by atoms with Gasteiger partial charge in [-0.3, -0.25) is 4.98 Å². The molecule has 130 valence electrons. The maximum atomic E-state index is 6.20. The lowest BCUT2D eigenvalue weighted by atomic mass is 9.96. The van der Waals surface area contributed by atoms with Crippen LogP contribution in [-0.4, -0.2) is 33.9 Å². The average Bonchev–Trinajstić information content (AvgIpc) is 3.17. The van der Waals surface area contributed by atoms with E-state index in [4.69, 9.17) is 5.73 Å².